The van der Waals surface area contributed by atoms with E-state index in [1.165, 1.54) is 5.56 Å². The molecule has 2 heterocycles. The maximum atomic E-state index is 12.3. The molecule has 2 N–H and O–H groups in total. The zero-order chi connectivity index (χ0) is 18.6. The van der Waals surface area contributed by atoms with Gasteiger partial charge in [0, 0.05) is 38.2 Å². The summed E-state index contributed by atoms with van der Waals surface area (Å²) in [6.45, 7) is 3.60. The van der Waals surface area contributed by atoms with Gasteiger partial charge < -0.3 is 15.0 Å². The predicted octanol–water partition coefficient (Wildman–Crippen LogP) is 2.54. The van der Waals surface area contributed by atoms with E-state index in [0.717, 1.165) is 43.3 Å². The largest absolute Gasteiger partial charge is 0.496 e. The van der Waals surface area contributed by atoms with Crippen molar-refractivity contribution in [3.05, 3.63) is 70.3 Å². The summed E-state index contributed by atoms with van der Waals surface area (Å²) in [5, 5.41) is 4.11. The second-order valence-electron chi connectivity index (χ2n) is 6.78. The number of hydrogen-bond acceptors (Lipinski definition) is 5. The molecule has 6 nitrogen and oxygen atoms in total. The molecule has 7 heteroatoms. The van der Waals surface area contributed by atoms with Crippen molar-refractivity contribution in [3.63, 3.8) is 0 Å². The lowest BCUT2D eigenvalue weighted by Crippen LogP contribution is -2.46. The lowest BCUT2D eigenvalue weighted by Gasteiger charge is -2.37. The van der Waals surface area contributed by atoms with Crippen molar-refractivity contribution in [2.24, 2.45) is 0 Å². The number of fused-ring (bicyclic) bond motifs is 1. The Kier molecular flexibility index (Phi) is 6.67. The zero-order valence-corrected chi connectivity index (χ0v) is 16.7. The highest BCUT2D eigenvalue weighted by atomic mass is 35.5. The number of methoxy groups -OCH3 is 1. The van der Waals surface area contributed by atoms with Crippen molar-refractivity contribution in [1.29, 1.82) is 0 Å². The fourth-order valence-corrected chi connectivity index (χ4v) is 3.77. The van der Waals surface area contributed by atoms with Crippen LogP contribution < -0.4 is 15.6 Å². The lowest BCUT2D eigenvalue weighted by molar-refractivity contribution is 0.160. The molecule has 4 rings (SSSR count). The molecule has 1 fully saturated rings. The third-order valence-electron chi connectivity index (χ3n) is 5.15. The Morgan fingerprint density at radius 1 is 1.18 bits per heavy atom. The Balaban J connectivity index is 0.00000225. The molecule has 0 radical (unpaired) electrons. The van der Waals surface area contributed by atoms with E-state index < -0.39 is 0 Å². The van der Waals surface area contributed by atoms with Crippen LogP contribution in [0.1, 0.15) is 17.4 Å². The third kappa shape index (κ3) is 4.19. The van der Waals surface area contributed by atoms with E-state index in [2.05, 4.69) is 26.3 Å². The fourth-order valence-electron chi connectivity index (χ4n) is 3.77. The van der Waals surface area contributed by atoms with E-state index in [1.54, 1.807) is 13.2 Å². The molecule has 1 unspecified atom stereocenters. The van der Waals surface area contributed by atoms with Gasteiger partial charge in [-0.15, -0.1) is 12.4 Å². The van der Waals surface area contributed by atoms with Crippen molar-refractivity contribution >= 4 is 23.3 Å². The predicted molar refractivity (Wildman–Crippen MR) is 113 cm³/mol. The van der Waals surface area contributed by atoms with Gasteiger partial charge in [-0.05, 0) is 18.2 Å². The number of ether oxygens (including phenoxy) is 1. The van der Waals surface area contributed by atoms with Crippen molar-refractivity contribution in [2.45, 2.75) is 12.5 Å². The molecule has 0 bridgehead atoms. The Morgan fingerprint density at radius 3 is 2.82 bits per heavy atom. The molecule has 2 aromatic carbocycles. The van der Waals surface area contributed by atoms with Gasteiger partial charge >= 0.3 is 0 Å². The minimum absolute atomic E-state index is 0. The second kappa shape index (κ2) is 9.19. The molecule has 0 amide bonds. The molecule has 0 aliphatic carbocycles. The Labute approximate surface area is 170 Å². The van der Waals surface area contributed by atoms with Crippen molar-refractivity contribution in [3.8, 4) is 5.75 Å². The number of H-pyrrole nitrogens is 1. The number of halogens is 1. The van der Waals surface area contributed by atoms with Crippen LogP contribution in [-0.2, 0) is 6.42 Å². The number of benzene rings is 2. The average Bonchev–Trinajstić information content (AvgIpc) is 2.72. The van der Waals surface area contributed by atoms with Crippen LogP contribution in [0.2, 0.25) is 0 Å². The number of piperazine rings is 1. The van der Waals surface area contributed by atoms with E-state index in [4.69, 9.17) is 4.74 Å². The summed E-state index contributed by atoms with van der Waals surface area (Å²) < 4.78 is 5.56. The molecule has 28 heavy (non-hydrogen) atoms. The van der Waals surface area contributed by atoms with Gasteiger partial charge in [-0.25, -0.2) is 4.98 Å². The van der Waals surface area contributed by atoms with Crippen LogP contribution in [0.5, 0.6) is 5.75 Å². The smallest absolute Gasteiger partial charge is 0.258 e. The molecule has 1 aliphatic heterocycles. The van der Waals surface area contributed by atoms with Gasteiger partial charge in [0.2, 0.25) is 0 Å². The molecule has 0 saturated carbocycles. The van der Waals surface area contributed by atoms with Crippen LogP contribution >= 0.6 is 12.4 Å². The minimum Gasteiger partial charge on any atom is -0.496 e. The Morgan fingerprint density at radius 2 is 1.96 bits per heavy atom. The minimum atomic E-state index is -0.0720. The van der Waals surface area contributed by atoms with Crippen LogP contribution in [0, 0.1) is 0 Å². The van der Waals surface area contributed by atoms with Gasteiger partial charge in [-0.3, -0.25) is 9.69 Å². The quantitative estimate of drug-likeness (QED) is 0.688. The molecule has 1 saturated heterocycles. The number of rotatable bonds is 5. The molecule has 1 aromatic heterocycles. The summed E-state index contributed by atoms with van der Waals surface area (Å²) >= 11 is 0. The second-order valence-corrected chi connectivity index (χ2v) is 6.78. The molecular formula is C21H25ClN4O2. The number of nitrogens with one attached hydrogen (secondary N) is 2. The van der Waals surface area contributed by atoms with Crippen LogP contribution in [0.25, 0.3) is 10.9 Å². The van der Waals surface area contributed by atoms with E-state index in [-0.39, 0.29) is 24.0 Å². The number of nitrogens with zero attached hydrogens (tertiary/aromatic N) is 2. The summed E-state index contributed by atoms with van der Waals surface area (Å²) in [5.41, 5.74) is 1.86. The first-order valence-electron chi connectivity index (χ1n) is 9.32. The van der Waals surface area contributed by atoms with Gasteiger partial charge in [0.15, 0.2) is 0 Å². The molecule has 148 valence electrons. The van der Waals surface area contributed by atoms with E-state index in [9.17, 15) is 4.79 Å². The van der Waals surface area contributed by atoms with Crippen LogP contribution in [0.15, 0.2) is 53.3 Å². The molecular weight excluding hydrogens is 376 g/mol. The summed E-state index contributed by atoms with van der Waals surface area (Å²) in [6, 6.07) is 15.9. The maximum Gasteiger partial charge on any atom is 0.258 e. The Hall–Kier alpha value is -2.41. The zero-order valence-electron chi connectivity index (χ0n) is 15.9. The van der Waals surface area contributed by atoms with Gasteiger partial charge in [0.1, 0.15) is 11.6 Å². The average molecular weight is 401 g/mol. The topological polar surface area (TPSA) is 70.2 Å². The first kappa shape index (κ1) is 20.3. The summed E-state index contributed by atoms with van der Waals surface area (Å²) in [4.78, 5) is 22.3. The number of aromatic amines is 1. The lowest BCUT2D eigenvalue weighted by atomic mass is 10.0. The van der Waals surface area contributed by atoms with Crippen molar-refractivity contribution in [1.82, 2.24) is 20.2 Å². The van der Waals surface area contributed by atoms with Crippen molar-refractivity contribution < 1.29 is 4.74 Å². The number of para-hydroxylation sites is 2. The molecule has 1 aliphatic rings. The Bertz CT molecular complexity index is 991. The van der Waals surface area contributed by atoms with E-state index in [1.807, 2.05) is 36.4 Å². The van der Waals surface area contributed by atoms with Crippen LogP contribution in [0.3, 0.4) is 0 Å². The van der Waals surface area contributed by atoms with Gasteiger partial charge in [0.25, 0.3) is 5.56 Å². The monoisotopic (exact) mass is 400 g/mol. The summed E-state index contributed by atoms with van der Waals surface area (Å²) in [5.74, 6) is 1.64. The summed E-state index contributed by atoms with van der Waals surface area (Å²) in [7, 11) is 1.71. The van der Waals surface area contributed by atoms with E-state index >= 15 is 0 Å². The molecule has 0 spiro atoms. The third-order valence-corrected chi connectivity index (χ3v) is 5.15. The van der Waals surface area contributed by atoms with Gasteiger partial charge in [0.05, 0.1) is 24.1 Å². The number of hydrogen-bond donors (Lipinski definition) is 2. The standard InChI is InChI=1S/C21H24N4O2.ClH/c1-27-19-9-5-3-7-16(19)18-14-22-11-13-25(18)12-10-20-23-17-8-4-2-6-15(17)21(26)24-20;/h2-9,18,22H,10-14H2,1H3,(H,23,24,26);1H. The normalized spacial score (nSPS) is 17.2. The maximum absolute atomic E-state index is 12.3. The van der Waals surface area contributed by atoms with Gasteiger partial charge in [-0.1, -0.05) is 30.3 Å². The molecule has 1 atom stereocenters. The van der Waals surface area contributed by atoms with Crippen molar-refractivity contribution in [2.75, 3.05) is 33.3 Å². The van der Waals surface area contributed by atoms with Crippen LogP contribution in [0.4, 0.5) is 0 Å². The highest BCUT2D eigenvalue weighted by Crippen LogP contribution is 2.30. The highest BCUT2D eigenvalue weighted by Gasteiger charge is 2.26. The highest BCUT2D eigenvalue weighted by molar-refractivity contribution is 5.85. The molecule has 3 aromatic rings. The van der Waals surface area contributed by atoms with E-state index in [0.29, 0.717) is 11.8 Å². The first-order chi connectivity index (χ1) is 13.3. The number of aromatic nitrogens is 2. The van der Waals surface area contributed by atoms with Gasteiger partial charge in [-0.2, -0.15) is 0 Å². The fraction of sp³-hybridized carbons (Fsp3) is 0.333. The SMILES string of the molecule is COc1ccccc1C1CNCCN1CCc1nc2ccccc2c(=O)[nH]1.Cl. The first-order valence-corrected chi connectivity index (χ1v) is 9.32. The van der Waals surface area contributed by atoms with Crippen LogP contribution in [-0.4, -0.2) is 48.2 Å². The summed E-state index contributed by atoms with van der Waals surface area (Å²) in [6.07, 6.45) is 0.700.